The summed E-state index contributed by atoms with van der Waals surface area (Å²) in [6, 6.07) is 7.90. The Kier molecular flexibility index (Phi) is 5.28. The van der Waals surface area contributed by atoms with E-state index in [1.165, 1.54) is 0 Å². The molecule has 1 saturated heterocycles. The number of halogens is 1. The Labute approximate surface area is 135 Å². The van der Waals surface area contributed by atoms with Gasteiger partial charge in [0.25, 0.3) is 0 Å². The highest BCUT2D eigenvalue weighted by molar-refractivity contribution is 6.32. The van der Waals surface area contributed by atoms with Crippen molar-refractivity contribution in [3.63, 3.8) is 0 Å². The molecule has 6 heteroatoms. The maximum atomic E-state index is 10.7. The van der Waals surface area contributed by atoms with Crippen molar-refractivity contribution in [1.82, 2.24) is 4.90 Å². The lowest BCUT2D eigenvalue weighted by Gasteiger charge is -2.45. The van der Waals surface area contributed by atoms with Crippen LogP contribution in [-0.4, -0.2) is 35.7 Å². The summed E-state index contributed by atoms with van der Waals surface area (Å²) in [5.41, 5.74) is 0.446. The Morgan fingerprint density at radius 2 is 2.27 bits per heavy atom. The number of rotatable bonds is 7. The van der Waals surface area contributed by atoms with Crippen molar-refractivity contribution in [3.8, 4) is 11.8 Å². The molecule has 22 heavy (non-hydrogen) atoms. The number of carboxylic acid groups (broad SMARTS) is 1. The zero-order valence-corrected chi connectivity index (χ0v) is 13.3. The summed E-state index contributed by atoms with van der Waals surface area (Å²) in [7, 11) is 0. The summed E-state index contributed by atoms with van der Waals surface area (Å²) >= 11 is 6.16. The fourth-order valence-electron chi connectivity index (χ4n) is 2.78. The number of nitriles is 1. The van der Waals surface area contributed by atoms with Crippen molar-refractivity contribution in [2.24, 2.45) is 5.41 Å². The van der Waals surface area contributed by atoms with Gasteiger partial charge in [-0.05, 0) is 19.4 Å². The van der Waals surface area contributed by atoms with E-state index in [0.717, 1.165) is 5.56 Å². The predicted octanol–water partition coefficient (Wildman–Crippen LogP) is 2.93. The Bertz CT molecular complexity index is 592. The summed E-state index contributed by atoms with van der Waals surface area (Å²) in [6.07, 6.45) is 0.423. The number of aliphatic carboxylic acids is 1. The first-order valence-electron chi connectivity index (χ1n) is 7.25. The van der Waals surface area contributed by atoms with E-state index in [-0.39, 0.29) is 6.42 Å². The molecule has 0 saturated carbocycles. The zero-order chi connectivity index (χ0) is 16.2. The molecule has 1 aliphatic heterocycles. The van der Waals surface area contributed by atoms with Crippen LogP contribution in [-0.2, 0) is 11.3 Å². The molecular weight excluding hydrogens is 304 g/mol. The highest BCUT2D eigenvalue weighted by Crippen LogP contribution is 2.37. The van der Waals surface area contributed by atoms with Crippen LogP contribution in [0.2, 0.25) is 5.02 Å². The summed E-state index contributed by atoms with van der Waals surface area (Å²) < 4.78 is 5.59. The Balaban J connectivity index is 1.99. The van der Waals surface area contributed by atoms with Crippen LogP contribution in [0.5, 0.6) is 5.75 Å². The normalized spacial score (nSPS) is 16.6. The smallest absolute Gasteiger partial charge is 0.303 e. The van der Waals surface area contributed by atoms with Crippen molar-refractivity contribution in [1.29, 1.82) is 5.26 Å². The van der Waals surface area contributed by atoms with E-state index < -0.39 is 11.4 Å². The molecule has 0 aromatic heterocycles. The van der Waals surface area contributed by atoms with E-state index in [4.69, 9.17) is 21.4 Å². The van der Waals surface area contributed by atoms with Gasteiger partial charge in [-0.2, -0.15) is 5.26 Å². The van der Waals surface area contributed by atoms with Crippen LogP contribution < -0.4 is 4.74 Å². The molecule has 0 aliphatic carbocycles. The fourth-order valence-corrected chi connectivity index (χ4v) is 3.03. The van der Waals surface area contributed by atoms with E-state index >= 15 is 0 Å². The molecule has 1 fully saturated rings. The molecule has 1 aromatic carbocycles. The first-order chi connectivity index (χ1) is 10.5. The number of carbonyl (C=O) groups is 1. The molecule has 1 aliphatic rings. The third kappa shape index (κ3) is 3.70. The number of likely N-dealkylation sites (tertiary alicyclic amines) is 1. The largest absolute Gasteiger partial charge is 0.492 e. The highest BCUT2D eigenvalue weighted by atomic mass is 35.5. The number of carboxylic acids is 1. The fraction of sp³-hybridized carbons (Fsp3) is 0.500. The molecule has 2 rings (SSSR count). The predicted molar refractivity (Wildman–Crippen MR) is 82.8 cm³/mol. The van der Waals surface area contributed by atoms with Gasteiger partial charge in [-0.3, -0.25) is 9.69 Å². The van der Waals surface area contributed by atoms with Gasteiger partial charge in [-0.1, -0.05) is 23.7 Å². The minimum Gasteiger partial charge on any atom is -0.492 e. The summed E-state index contributed by atoms with van der Waals surface area (Å²) in [6.45, 7) is 4.25. The third-order valence-corrected chi connectivity index (χ3v) is 4.14. The number of nitrogens with zero attached hydrogens (tertiary/aromatic N) is 2. The second kappa shape index (κ2) is 6.99. The summed E-state index contributed by atoms with van der Waals surface area (Å²) in [5.74, 6) is -0.173. The van der Waals surface area contributed by atoms with Gasteiger partial charge >= 0.3 is 5.97 Å². The van der Waals surface area contributed by atoms with E-state index in [1.807, 2.05) is 19.1 Å². The van der Waals surface area contributed by atoms with Crippen molar-refractivity contribution >= 4 is 17.6 Å². The van der Waals surface area contributed by atoms with Crippen molar-refractivity contribution in [3.05, 3.63) is 28.8 Å². The van der Waals surface area contributed by atoms with Crippen LogP contribution in [0, 0.1) is 16.7 Å². The average molecular weight is 323 g/mol. The SMILES string of the molecule is CCOc1c(Cl)cccc1CN1CC(C#N)(CCC(=O)O)C1. The monoisotopic (exact) mass is 322 g/mol. The molecule has 1 heterocycles. The van der Waals surface area contributed by atoms with Crippen LogP contribution >= 0.6 is 11.6 Å². The number of hydrogen-bond donors (Lipinski definition) is 1. The molecule has 0 bridgehead atoms. The standard InChI is InChI=1S/C16H19ClN2O3/c1-2-22-15-12(4-3-5-13(15)17)8-19-10-16(9-18,11-19)7-6-14(20)21/h3-5H,2,6-8,10-11H2,1H3,(H,20,21). The minimum atomic E-state index is -0.860. The van der Waals surface area contributed by atoms with E-state index in [2.05, 4.69) is 11.0 Å². The number of para-hydroxylation sites is 1. The van der Waals surface area contributed by atoms with Gasteiger partial charge in [0.05, 0.1) is 23.1 Å². The van der Waals surface area contributed by atoms with Crippen LogP contribution in [0.25, 0.3) is 0 Å². The van der Waals surface area contributed by atoms with Crippen LogP contribution in [0.1, 0.15) is 25.3 Å². The van der Waals surface area contributed by atoms with Crippen LogP contribution in [0.4, 0.5) is 0 Å². The lowest BCUT2D eigenvalue weighted by Crippen LogP contribution is -2.55. The number of ether oxygens (including phenoxy) is 1. The quantitative estimate of drug-likeness (QED) is 0.835. The van der Waals surface area contributed by atoms with Gasteiger partial charge < -0.3 is 9.84 Å². The zero-order valence-electron chi connectivity index (χ0n) is 12.5. The topological polar surface area (TPSA) is 73.6 Å². The van der Waals surface area contributed by atoms with Gasteiger partial charge in [0.2, 0.25) is 0 Å². The van der Waals surface area contributed by atoms with Crippen LogP contribution in [0.15, 0.2) is 18.2 Å². The van der Waals surface area contributed by atoms with Crippen molar-refractivity contribution in [2.75, 3.05) is 19.7 Å². The first kappa shape index (κ1) is 16.6. The van der Waals surface area contributed by atoms with Crippen LogP contribution in [0.3, 0.4) is 0 Å². The Morgan fingerprint density at radius 3 is 2.86 bits per heavy atom. The summed E-state index contributed by atoms with van der Waals surface area (Å²) in [4.78, 5) is 12.8. The maximum Gasteiger partial charge on any atom is 0.303 e. The van der Waals surface area contributed by atoms with Gasteiger partial charge in [-0.15, -0.1) is 0 Å². The van der Waals surface area contributed by atoms with E-state index in [1.54, 1.807) is 6.07 Å². The minimum absolute atomic E-state index is 0.0305. The Hall–Kier alpha value is -1.77. The lowest BCUT2D eigenvalue weighted by atomic mass is 9.77. The molecule has 0 atom stereocenters. The van der Waals surface area contributed by atoms with Gasteiger partial charge in [0.1, 0.15) is 5.75 Å². The second-order valence-corrected chi connectivity index (χ2v) is 6.00. The molecule has 0 radical (unpaired) electrons. The maximum absolute atomic E-state index is 10.7. The molecule has 0 amide bonds. The molecule has 0 unspecified atom stereocenters. The van der Waals surface area contributed by atoms with Gasteiger partial charge in [0.15, 0.2) is 0 Å². The van der Waals surface area contributed by atoms with Crippen molar-refractivity contribution < 1.29 is 14.6 Å². The summed E-state index contributed by atoms with van der Waals surface area (Å²) in [5, 5.41) is 18.6. The molecule has 1 aromatic rings. The van der Waals surface area contributed by atoms with Gasteiger partial charge in [-0.25, -0.2) is 0 Å². The second-order valence-electron chi connectivity index (χ2n) is 5.59. The third-order valence-electron chi connectivity index (χ3n) is 3.84. The van der Waals surface area contributed by atoms with E-state index in [9.17, 15) is 10.1 Å². The highest BCUT2D eigenvalue weighted by Gasteiger charge is 2.43. The Morgan fingerprint density at radius 1 is 1.55 bits per heavy atom. The average Bonchev–Trinajstić information content (AvgIpc) is 2.44. The molecule has 1 N–H and O–H groups in total. The number of benzene rings is 1. The number of hydrogen-bond acceptors (Lipinski definition) is 4. The van der Waals surface area contributed by atoms with Gasteiger partial charge in [0, 0.05) is 31.6 Å². The van der Waals surface area contributed by atoms with E-state index in [0.29, 0.717) is 43.4 Å². The first-order valence-corrected chi connectivity index (χ1v) is 7.63. The molecular formula is C16H19ClN2O3. The molecule has 5 nitrogen and oxygen atoms in total. The molecule has 118 valence electrons. The molecule has 0 spiro atoms. The lowest BCUT2D eigenvalue weighted by molar-refractivity contribution is -0.138. The van der Waals surface area contributed by atoms with Crippen molar-refractivity contribution in [2.45, 2.75) is 26.3 Å².